The van der Waals surface area contributed by atoms with E-state index < -0.39 is 12.0 Å². The summed E-state index contributed by atoms with van der Waals surface area (Å²) in [5, 5.41) is 0. The Kier molecular flexibility index (Phi) is 3.93. The summed E-state index contributed by atoms with van der Waals surface area (Å²) in [6.45, 7) is 0. The maximum Gasteiger partial charge on any atom is 0.258 e. The Bertz CT molecular complexity index is 521. The molecular formula is C15H15FO3. The average molecular weight is 262 g/mol. The van der Waals surface area contributed by atoms with E-state index in [2.05, 4.69) is 0 Å². The summed E-state index contributed by atoms with van der Waals surface area (Å²) in [7, 11) is 2.63. The molecular weight excluding hydrogens is 247 g/mol. The van der Waals surface area contributed by atoms with E-state index in [1.165, 1.54) is 32.4 Å². The van der Waals surface area contributed by atoms with E-state index in [1.807, 2.05) is 6.07 Å². The topological polar surface area (TPSA) is 35.5 Å². The molecule has 2 atom stereocenters. The van der Waals surface area contributed by atoms with Gasteiger partial charge in [-0.15, -0.1) is 0 Å². The van der Waals surface area contributed by atoms with Crippen LogP contribution in [0.4, 0.5) is 4.39 Å². The largest absolute Gasteiger partial charge is 0.371 e. The van der Waals surface area contributed by atoms with Crippen molar-refractivity contribution in [2.45, 2.75) is 12.0 Å². The first-order chi connectivity index (χ1) is 9.10. The number of halogens is 1. The van der Waals surface area contributed by atoms with Gasteiger partial charge in [0.25, 0.3) is 5.85 Å². The van der Waals surface area contributed by atoms with Crippen LogP contribution in [0.25, 0.3) is 0 Å². The second kappa shape index (κ2) is 5.47. The first kappa shape index (κ1) is 13.6. The van der Waals surface area contributed by atoms with Crippen molar-refractivity contribution in [1.82, 2.24) is 0 Å². The summed E-state index contributed by atoms with van der Waals surface area (Å²) in [6, 6.07) is 8.82. The van der Waals surface area contributed by atoms with Crippen LogP contribution in [-0.4, -0.2) is 32.0 Å². The lowest BCUT2D eigenvalue weighted by atomic mass is 9.94. The van der Waals surface area contributed by atoms with Crippen molar-refractivity contribution in [2.24, 2.45) is 0 Å². The lowest BCUT2D eigenvalue weighted by Gasteiger charge is -2.29. The number of methoxy groups -OCH3 is 2. The summed E-state index contributed by atoms with van der Waals surface area (Å²) in [6.07, 6.45) is 3.13. The van der Waals surface area contributed by atoms with E-state index in [9.17, 15) is 9.18 Å². The maximum atomic E-state index is 14.2. The molecule has 1 aliphatic carbocycles. The molecule has 2 unspecified atom stereocenters. The molecule has 1 aliphatic rings. The van der Waals surface area contributed by atoms with Gasteiger partial charge in [0.05, 0.1) is 0 Å². The van der Waals surface area contributed by atoms with Crippen molar-refractivity contribution in [3.8, 4) is 0 Å². The van der Waals surface area contributed by atoms with E-state index in [0.717, 1.165) is 0 Å². The lowest BCUT2D eigenvalue weighted by Crippen LogP contribution is -2.40. The standard InChI is InChI=1S/C15H15FO3/c1-18-13-10-12(8-9-15(13,16)19-2)14(17)11-6-4-3-5-7-11/h3-10,13H,1-2H3. The van der Waals surface area contributed by atoms with Crippen molar-refractivity contribution in [1.29, 1.82) is 0 Å². The van der Waals surface area contributed by atoms with Gasteiger partial charge in [-0.3, -0.25) is 4.79 Å². The van der Waals surface area contributed by atoms with Crippen molar-refractivity contribution in [2.75, 3.05) is 14.2 Å². The zero-order valence-corrected chi connectivity index (χ0v) is 10.8. The molecule has 0 amide bonds. The number of ether oxygens (including phenoxy) is 2. The Morgan fingerprint density at radius 1 is 1.26 bits per heavy atom. The predicted molar refractivity (Wildman–Crippen MR) is 69.6 cm³/mol. The first-order valence-corrected chi connectivity index (χ1v) is 5.88. The number of Topliss-reactive ketones (excluding diaryl/α,β-unsaturated/α-hetero) is 1. The van der Waals surface area contributed by atoms with Gasteiger partial charge in [-0.1, -0.05) is 30.3 Å². The molecule has 0 N–H and O–H groups in total. The van der Waals surface area contributed by atoms with E-state index >= 15 is 0 Å². The molecule has 1 aromatic carbocycles. The molecule has 0 saturated carbocycles. The molecule has 0 spiro atoms. The van der Waals surface area contributed by atoms with Gasteiger partial charge in [-0.05, 0) is 18.2 Å². The predicted octanol–water partition coefficient (Wildman–Crippen LogP) is 2.69. The van der Waals surface area contributed by atoms with Crippen molar-refractivity contribution in [3.05, 3.63) is 59.7 Å². The maximum absolute atomic E-state index is 14.2. The number of benzene rings is 1. The van der Waals surface area contributed by atoms with Crippen LogP contribution in [0.1, 0.15) is 10.4 Å². The highest BCUT2D eigenvalue weighted by Gasteiger charge is 2.39. The summed E-state index contributed by atoms with van der Waals surface area (Å²) in [5.74, 6) is -2.20. The molecule has 100 valence electrons. The SMILES string of the molecule is COC1C=C(C(=O)c2ccccc2)C=CC1(F)OC. The molecule has 2 rings (SSSR count). The number of allylic oxidation sites excluding steroid dienone is 2. The number of carbonyl (C=O) groups is 1. The molecule has 0 heterocycles. The molecule has 0 saturated heterocycles. The molecule has 0 radical (unpaired) electrons. The minimum absolute atomic E-state index is 0.169. The fourth-order valence-electron chi connectivity index (χ4n) is 1.95. The van der Waals surface area contributed by atoms with E-state index in [1.54, 1.807) is 24.3 Å². The van der Waals surface area contributed by atoms with Gasteiger partial charge >= 0.3 is 0 Å². The van der Waals surface area contributed by atoms with Crippen LogP contribution in [-0.2, 0) is 9.47 Å². The molecule has 3 nitrogen and oxygen atoms in total. The van der Waals surface area contributed by atoms with Crippen molar-refractivity contribution >= 4 is 5.78 Å². The molecule has 0 aromatic heterocycles. The molecule has 0 bridgehead atoms. The third-order valence-corrected chi connectivity index (χ3v) is 3.07. The fraction of sp³-hybridized carbons (Fsp3) is 0.267. The van der Waals surface area contributed by atoms with Gasteiger partial charge in [0.1, 0.15) is 6.10 Å². The monoisotopic (exact) mass is 262 g/mol. The third kappa shape index (κ3) is 2.64. The highest BCUT2D eigenvalue weighted by Crippen LogP contribution is 2.29. The Labute approximate surface area is 111 Å². The molecule has 0 aliphatic heterocycles. The molecule has 0 fully saturated rings. The van der Waals surface area contributed by atoms with Crippen molar-refractivity contribution in [3.63, 3.8) is 0 Å². The summed E-state index contributed by atoms with van der Waals surface area (Å²) in [4.78, 5) is 12.2. The Hall–Kier alpha value is -1.78. The van der Waals surface area contributed by atoms with Crippen LogP contribution in [0.15, 0.2) is 54.1 Å². The number of carbonyl (C=O) groups excluding carboxylic acids is 1. The Balaban J connectivity index is 2.28. The minimum Gasteiger partial charge on any atom is -0.371 e. The van der Waals surface area contributed by atoms with Gasteiger partial charge in [0.15, 0.2) is 5.78 Å². The first-order valence-electron chi connectivity index (χ1n) is 5.88. The number of alkyl halides is 1. The summed E-state index contributed by atoms with van der Waals surface area (Å²) < 4.78 is 24.0. The van der Waals surface area contributed by atoms with Gasteiger partial charge in [-0.2, -0.15) is 0 Å². The zero-order valence-electron chi connectivity index (χ0n) is 10.8. The zero-order chi connectivity index (χ0) is 13.9. The number of ketones is 1. The van der Waals surface area contributed by atoms with Crippen molar-refractivity contribution < 1.29 is 18.7 Å². The normalized spacial score (nSPS) is 26.1. The molecule has 1 aromatic rings. The van der Waals surface area contributed by atoms with Crippen LogP contribution >= 0.6 is 0 Å². The lowest BCUT2D eigenvalue weighted by molar-refractivity contribution is -0.150. The fourth-order valence-corrected chi connectivity index (χ4v) is 1.95. The van der Waals surface area contributed by atoms with Gasteiger partial charge < -0.3 is 9.47 Å². The minimum atomic E-state index is -2.03. The van der Waals surface area contributed by atoms with Gasteiger partial charge in [0.2, 0.25) is 0 Å². The highest BCUT2D eigenvalue weighted by atomic mass is 19.2. The van der Waals surface area contributed by atoms with Crippen LogP contribution in [0.2, 0.25) is 0 Å². The van der Waals surface area contributed by atoms with E-state index in [0.29, 0.717) is 11.1 Å². The third-order valence-electron chi connectivity index (χ3n) is 3.07. The van der Waals surface area contributed by atoms with E-state index in [4.69, 9.17) is 9.47 Å². The molecule has 4 heteroatoms. The molecule has 19 heavy (non-hydrogen) atoms. The second-order valence-electron chi connectivity index (χ2n) is 4.21. The van der Waals surface area contributed by atoms with Crippen LogP contribution < -0.4 is 0 Å². The summed E-state index contributed by atoms with van der Waals surface area (Å²) >= 11 is 0. The highest BCUT2D eigenvalue weighted by molar-refractivity contribution is 6.10. The number of rotatable bonds is 4. The van der Waals surface area contributed by atoms with E-state index in [-0.39, 0.29) is 5.78 Å². The smallest absolute Gasteiger partial charge is 0.258 e. The summed E-state index contributed by atoms with van der Waals surface area (Å²) in [5.41, 5.74) is 0.945. The van der Waals surface area contributed by atoms with Crippen LogP contribution in [0.5, 0.6) is 0 Å². The average Bonchev–Trinajstić information content (AvgIpc) is 2.48. The Morgan fingerprint density at radius 2 is 1.95 bits per heavy atom. The number of hydrogen-bond donors (Lipinski definition) is 0. The second-order valence-corrected chi connectivity index (χ2v) is 4.21. The quantitative estimate of drug-likeness (QED) is 0.783. The number of hydrogen-bond acceptors (Lipinski definition) is 3. The van der Waals surface area contributed by atoms with Crippen LogP contribution in [0.3, 0.4) is 0 Å². The van der Waals surface area contributed by atoms with Crippen LogP contribution in [0, 0.1) is 0 Å². The van der Waals surface area contributed by atoms with Gasteiger partial charge in [-0.25, -0.2) is 4.39 Å². The Morgan fingerprint density at radius 3 is 2.53 bits per heavy atom. The van der Waals surface area contributed by atoms with Gasteiger partial charge in [0, 0.05) is 25.4 Å².